The van der Waals surface area contributed by atoms with Gasteiger partial charge in [-0.25, -0.2) is 13.1 Å². The van der Waals surface area contributed by atoms with Gasteiger partial charge in [0.1, 0.15) is 0 Å². The van der Waals surface area contributed by atoms with Crippen LogP contribution in [0.2, 0.25) is 0 Å². The largest absolute Gasteiger partial charge is 0.384 e. The smallest absolute Gasteiger partial charge is 0.208 e. The minimum absolute atomic E-state index is 0.00574. The molecule has 2 N–H and O–H groups in total. The van der Waals surface area contributed by atoms with Crippen LogP contribution >= 0.6 is 0 Å². The first-order valence-corrected chi connectivity index (χ1v) is 6.59. The van der Waals surface area contributed by atoms with Gasteiger partial charge in [-0.1, -0.05) is 0 Å². The molecule has 1 heterocycles. The van der Waals surface area contributed by atoms with Crippen LogP contribution in [0.1, 0.15) is 6.42 Å². The first-order chi connectivity index (χ1) is 6.53. The molecule has 2 atom stereocenters. The Kier molecular flexibility index (Phi) is 4.31. The van der Waals surface area contributed by atoms with E-state index in [2.05, 4.69) is 10.0 Å². The molecule has 0 saturated carbocycles. The predicted molar refractivity (Wildman–Crippen MR) is 54.6 cm³/mol. The molecular weight excluding hydrogens is 204 g/mol. The normalized spacial score (nSPS) is 29.0. The molecule has 0 aromatic carbocycles. The van der Waals surface area contributed by atoms with E-state index in [0.29, 0.717) is 6.61 Å². The van der Waals surface area contributed by atoms with E-state index in [4.69, 9.17) is 4.74 Å². The summed E-state index contributed by atoms with van der Waals surface area (Å²) in [6.07, 6.45) is 2.01. The molecule has 1 saturated heterocycles. The van der Waals surface area contributed by atoms with Crippen molar-refractivity contribution in [3.8, 4) is 0 Å². The van der Waals surface area contributed by atoms with Crippen molar-refractivity contribution >= 4 is 10.0 Å². The van der Waals surface area contributed by atoms with Crippen LogP contribution < -0.4 is 10.0 Å². The van der Waals surface area contributed by atoms with Crippen LogP contribution in [0.15, 0.2) is 0 Å². The Morgan fingerprint density at radius 2 is 2.29 bits per heavy atom. The monoisotopic (exact) mass is 222 g/mol. The summed E-state index contributed by atoms with van der Waals surface area (Å²) >= 11 is 0. The molecule has 0 aromatic heterocycles. The van der Waals surface area contributed by atoms with Gasteiger partial charge in [0.15, 0.2) is 0 Å². The van der Waals surface area contributed by atoms with E-state index in [0.717, 1.165) is 19.5 Å². The summed E-state index contributed by atoms with van der Waals surface area (Å²) in [5.41, 5.74) is 0. The summed E-state index contributed by atoms with van der Waals surface area (Å²) in [6.45, 7) is 2.24. The molecule has 1 aliphatic rings. The molecular formula is C8H18N2O3S. The van der Waals surface area contributed by atoms with Crippen molar-refractivity contribution in [3.63, 3.8) is 0 Å². The molecule has 14 heavy (non-hydrogen) atoms. The third kappa shape index (κ3) is 3.91. The van der Waals surface area contributed by atoms with E-state index in [9.17, 15) is 8.42 Å². The number of nitrogens with one attached hydrogen (secondary N) is 2. The lowest BCUT2D eigenvalue weighted by Crippen LogP contribution is -2.50. The van der Waals surface area contributed by atoms with Gasteiger partial charge in [0.2, 0.25) is 10.0 Å². The molecule has 1 aliphatic heterocycles. The number of rotatable bonds is 4. The lowest BCUT2D eigenvalue weighted by molar-refractivity contribution is 0.122. The molecule has 0 spiro atoms. The number of hydrogen-bond acceptors (Lipinski definition) is 4. The van der Waals surface area contributed by atoms with Gasteiger partial charge in [-0.15, -0.1) is 0 Å². The summed E-state index contributed by atoms with van der Waals surface area (Å²) in [5.74, 6) is 0.225. The van der Waals surface area contributed by atoms with Crippen LogP contribution in [0, 0.1) is 5.92 Å². The van der Waals surface area contributed by atoms with Crippen LogP contribution in [0.5, 0.6) is 0 Å². The van der Waals surface area contributed by atoms with Crippen LogP contribution in [0.3, 0.4) is 0 Å². The van der Waals surface area contributed by atoms with Gasteiger partial charge in [-0.2, -0.15) is 0 Å². The highest BCUT2D eigenvalue weighted by molar-refractivity contribution is 7.88. The van der Waals surface area contributed by atoms with Crippen LogP contribution in [-0.2, 0) is 14.8 Å². The van der Waals surface area contributed by atoms with Crippen molar-refractivity contribution in [3.05, 3.63) is 0 Å². The van der Waals surface area contributed by atoms with Crippen molar-refractivity contribution in [2.75, 3.05) is 33.1 Å². The molecule has 0 bridgehead atoms. The number of hydrogen-bond donors (Lipinski definition) is 2. The fraction of sp³-hybridized carbons (Fsp3) is 1.00. The molecule has 0 aromatic rings. The minimum Gasteiger partial charge on any atom is -0.384 e. The molecule has 2 unspecified atom stereocenters. The van der Waals surface area contributed by atoms with Crippen molar-refractivity contribution < 1.29 is 13.2 Å². The molecule has 1 rings (SSSR count). The van der Waals surface area contributed by atoms with Crippen molar-refractivity contribution in [1.29, 1.82) is 0 Å². The van der Waals surface area contributed by atoms with Crippen molar-refractivity contribution in [1.82, 2.24) is 10.0 Å². The number of sulfonamides is 1. The quantitative estimate of drug-likeness (QED) is 0.651. The summed E-state index contributed by atoms with van der Waals surface area (Å²) in [6, 6.07) is 0.00574. The van der Waals surface area contributed by atoms with Gasteiger partial charge in [-0.05, 0) is 13.0 Å². The lowest BCUT2D eigenvalue weighted by Gasteiger charge is -2.31. The first kappa shape index (κ1) is 11.9. The predicted octanol–water partition coefficient (Wildman–Crippen LogP) is -0.840. The van der Waals surface area contributed by atoms with Gasteiger partial charge >= 0.3 is 0 Å². The van der Waals surface area contributed by atoms with E-state index >= 15 is 0 Å². The highest BCUT2D eigenvalue weighted by atomic mass is 32.2. The Morgan fingerprint density at radius 3 is 2.86 bits per heavy atom. The van der Waals surface area contributed by atoms with Crippen LogP contribution in [0.25, 0.3) is 0 Å². The Labute approximate surface area is 85.3 Å². The maximum atomic E-state index is 11.1. The highest BCUT2D eigenvalue weighted by Crippen LogP contribution is 2.12. The van der Waals surface area contributed by atoms with Gasteiger partial charge in [0.05, 0.1) is 12.9 Å². The summed E-state index contributed by atoms with van der Waals surface area (Å²) < 4.78 is 29.9. The van der Waals surface area contributed by atoms with Gasteiger partial charge < -0.3 is 10.1 Å². The Bertz CT molecular complexity index is 264. The Hall–Kier alpha value is -0.170. The fourth-order valence-corrected chi connectivity index (χ4v) is 2.60. The number of methoxy groups -OCH3 is 1. The van der Waals surface area contributed by atoms with E-state index < -0.39 is 10.0 Å². The third-order valence-corrected chi connectivity index (χ3v) is 3.08. The summed E-state index contributed by atoms with van der Waals surface area (Å²) in [7, 11) is -1.48. The van der Waals surface area contributed by atoms with E-state index in [1.165, 1.54) is 6.26 Å². The third-order valence-electron chi connectivity index (χ3n) is 2.35. The van der Waals surface area contributed by atoms with E-state index in [1.54, 1.807) is 7.11 Å². The van der Waals surface area contributed by atoms with Gasteiger partial charge in [-0.3, -0.25) is 0 Å². The molecule has 6 heteroatoms. The zero-order valence-electron chi connectivity index (χ0n) is 8.62. The molecule has 0 aliphatic carbocycles. The maximum Gasteiger partial charge on any atom is 0.208 e. The molecule has 0 radical (unpaired) electrons. The average Bonchev–Trinajstić information content (AvgIpc) is 2.06. The fourth-order valence-electron chi connectivity index (χ4n) is 1.74. The first-order valence-electron chi connectivity index (χ1n) is 4.70. The zero-order valence-corrected chi connectivity index (χ0v) is 9.43. The summed E-state index contributed by atoms with van der Waals surface area (Å²) in [4.78, 5) is 0. The van der Waals surface area contributed by atoms with E-state index in [1.807, 2.05) is 0 Å². The van der Waals surface area contributed by atoms with Crippen molar-refractivity contribution in [2.24, 2.45) is 5.92 Å². The summed E-state index contributed by atoms with van der Waals surface area (Å²) in [5, 5.41) is 3.22. The van der Waals surface area contributed by atoms with Crippen LogP contribution in [0.4, 0.5) is 0 Å². The van der Waals surface area contributed by atoms with Gasteiger partial charge in [0.25, 0.3) is 0 Å². The Balaban J connectivity index is 2.54. The molecule has 0 amide bonds. The molecule has 5 nitrogen and oxygen atoms in total. The number of piperidine rings is 1. The van der Waals surface area contributed by atoms with Gasteiger partial charge in [0, 0.05) is 25.6 Å². The average molecular weight is 222 g/mol. The lowest BCUT2D eigenvalue weighted by atomic mass is 9.95. The maximum absolute atomic E-state index is 11.1. The zero-order chi connectivity index (χ0) is 10.6. The van der Waals surface area contributed by atoms with Crippen molar-refractivity contribution in [2.45, 2.75) is 12.5 Å². The number of ether oxygens (including phenoxy) is 1. The molecule has 84 valence electrons. The molecule has 1 fully saturated rings. The second-order valence-corrected chi connectivity index (χ2v) is 5.48. The van der Waals surface area contributed by atoms with Crippen LogP contribution in [-0.4, -0.2) is 47.5 Å². The van der Waals surface area contributed by atoms with E-state index in [-0.39, 0.29) is 12.0 Å². The minimum atomic E-state index is -3.11. The second kappa shape index (κ2) is 5.06. The topological polar surface area (TPSA) is 67.4 Å². The highest BCUT2D eigenvalue weighted by Gasteiger charge is 2.26. The standard InChI is InChI=1S/C8H18N2O3S/c1-13-6-7-5-9-4-3-8(7)10-14(2,11)12/h7-10H,3-6H2,1-2H3. The SMILES string of the molecule is COCC1CNCCC1NS(C)(=O)=O. The second-order valence-electron chi connectivity index (χ2n) is 3.70. The Morgan fingerprint density at radius 1 is 1.57 bits per heavy atom.